The smallest absolute Gasteiger partial charge is 0.236 e. The zero-order chi connectivity index (χ0) is 13.0. The van der Waals surface area contributed by atoms with Crippen LogP contribution in [0.2, 0.25) is 0 Å². The molecular weight excluding hydrogens is 216 g/mol. The van der Waals surface area contributed by atoms with E-state index >= 15 is 0 Å². The predicted molar refractivity (Wildman–Crippen MR) is 68.2 cm³/mol. The van der Waals surface area contributed by atoms with E-state index < -0.39 is 0 Å². The highest BCUT2D eigenvalue weighted by molar-refractivity contribution is 5.81. The molecule has 4 heteroatoms. The second-order valence-electron chi connectivity index (χ2n) is 4.35. The number of carbonyl (C=O) groups excluding carboxylic acids is 2. The van der Waals surface area contributed by atoms with Crippen molar-refractivity contribution in [1.82, 2.24) is 0 Å². The van der Waals surface area contributed by atoms with E-state index in [0.717, 1.165) is 17.5 Å². The summed E-state index contributed by atoms with van der Waals surface area (Å²) in [6, 6.07) is 5.56. The minimum atomic E-state index is -0.363. The van der Waals surface area contributed by atoms with Crippen molar-refractivity contribution in [2.24, 2.45) is 5.73 Å². The lowest BCUT2D eigenvalue weighted by atomic mass is 10.1. The van der Waals surface area contributed by atoms with Crippen LogP contribution in [0.25, 0.3) is 0 Å². The third-order valence-electron chi connectivity index (χ3n) is 2.62. The first-order valence-electron chi connectivity index (χ1n) is 5.56. The number of aryl methyl sites for hydroxylation is 1. The number of amides is 1. The largest absolute Gasteiger partial charge is 0.368 e. The Morgan fingerprint density at radius 1 is 1.47 bits per heavy atom. The zero-order valence-electron chi connectivity index (χ0n) is 10.4. The van der Waals surface area contributed by atoms with Gasteiger partial charge < -0.3 is 10.6 Å². The van der Waals surface area contributed by atoms with Gasteiger partial charge in [0.2, 0.25) is 5.91 Å². The van der Waals surface area contributed by atoms with Crippen LogP contribution in [0.4, 0.5) is 5.69 Å². The van der Waals surface area contributed by atoms with Crippen LogP contribution in [0.15, 0.2) is 18.2 Å². The fraction of sp³-hybridized carbons (Fsp3) is 0.385. The highest BCUT2D eigenvalue weighted by atomic mass is 16.1. The van der Waals surface area contributed by atoms with Crippen molar-refractivity contribution in [1.29, 1.82) is 0 Å². The van der Waals surface area contributed by atoms with Gasteiger partial charge in [-0.15, -0.1) is 0 Å². The lowest BCUT2D eigenvalue weighted by Gasteiger charge is -2.29. The highest BCUT2D eigenvalue weighted by Crippen LogP contribution is 2.22. The third-order valence-corrected chi connectivity index (χ3v) is 2.62. The molecule has 0 bridgehead atoms. The van der Waals surface area contributed by atoms with Crippen molar-refractivity contribution in [3.63, 3.8) is 0 Å². The first-order chi connectivity index (χ1) is 7.95. The van der Waals surface area contributed by atoms with Gasteiger partial charge in [-0.25, -0.2) is 0 Å². The van der Waals surface area contributed by atoms with Crippen molar-refractivity contribution in [2.75, 3.05) is 11.4 Å². The van der Waals surface area contributed by atoms with Crippen LogP contribution in [-0.2, 0) is 4.79 Å². The Morgan fingerprint density at radius 3 is 2.53 bits per heavy atom. The highest BCUT2D eigenvalue weighted by Gasteiger charge is 2.15. The number of nitrogens with two attached hydrogens (primary N) is 1. The summed E-state index contributed by atoms with van der Waals surface area (Å²) in [5.41, 5.74) is 7.77. The Bertz CT molecular complexity index is 427. The molecule has 0 aromatic heterocycles. The summed E-state index contributed by atoms with van der Waals surface area (Å²) in [5.74, 6) is -0.363. The van der Waals surface area contributed by atoms with Gasteiger partial charge >= 0.3 is 0 Å². The molecule has 0 spiro atoms. The van der Waals surface area contributed by atoms with E-state index in [9.17, 15) is 9.59 Å². The molecule has 0 aliphatic rings. The van der Waals surface area contributed by atoms with Crippen molar-refractivity contribution < 1.29 is 9.59 Å². The Morgan fingerprint density at radius 2 is 2.12 bits per heavy atom. The second kappa shape index (κ2) is 5.48. The predicted octanol–water partition coefficient (Wildman–Crippen LogP) is 1.51. The standard InChI is InChI=1S/C13H18N2O2/c1-9(2)15(7-13(14)17)12-5-4-11(8-16)6-10(12)3/h4-6,8-9H,7H2,1-3H3,(H2,14,17). The Hall–Kier alpha value is -1.84. The van der Waals surface area contributed by atoms with Gasteiger partial charge in [-0.3, -0.25) is 9.59 Å². The molecule has 0 heterocycles. The number of hydrogen-bond donors (Lipinski definition) is 1. The Kier molecular flexibility index (Phi) is 4.26. The van der Waals surface area contributed by atoms with Crippen LogP contribution in [0.1, 0.15) is 29.8 Å². The van der Waals surface area contributed by atoms with Crippen LogP contribution in [0.3, 0.4) is 0 Å². The molecule has 0 aliphatic carbocycles. The van der Waals surface area contributed by atoms with Crippen molar-refractivity contribution in [3.05, 3.63) is 29.3 Å². The molecule has 2 N–H and O–H groups in total. The summed E-state index contributed by atoms with van der Waals surface area (Å²) in [7, 11) is 0. The van der Waals surface area contributed by atoms with Crippen molar-refractivity contribution in [2.45, 2.75) is 26.8 Å². The number of hydrogen-bond acceptors (Lipinski definition) is 3. The maximum absolute atomic E-state index is 11.0. The summed E-state index contributed by atoms with van der Waals surface area (Å²) in [4.78, 5) is 23.6. The first kappa shape index (κ1) is 13.2. The summed E-state index contributed by atoms with van der Waals surface area (Å²) < 4.78 is 0. The van der Waals surface area contributed by atoms with Crippen LogP contribution in [0, 0.1) is 6.92 Å². The fourth-order valence-electron chi connectivity index (χ4n) is 1.79. The molecule has 4 nitrogen and oxygen atoms in total. The maximum Gasteiger partial charge on any atom is 0.236 e. The van der Waals surface area contributed by atoms with E-state index in [1.54, 1.807) is 12.1 Å². The number of benzene rings is 1. The number of carbonyl (C=O) groups is 2. The van der Waals surface area contributed by atoms with E-state index in [2.05, 4.69) is 0 Å². The van der Waals surface area contributed by atoms with E-state index in [1.165, 1.54) is 0 Å². The van der Waals surface area contributed by atoms with E-state index in [0.29, 0.717) is 5.56 Å². The van der Waals surface area contributed by atoms with Crippen LogP contribution < -0.4 is 10.6 Å². The molecule has 17 heavy (non-hydrogen) atoms. The average molecular weight is 234 g/mol. The second-order valence-corrected chi connectivity index (χ2v) is 4.35. The minimum Gasteiger partial charge on any atom is -0.368 e. The molecule has 92 valence electrons. The number of anilines is 1. The Labute approximate surface area is 101 Å². The van der Waals surface area contributed by atoms with Crippen LogP contribution >= 0.6 is 0 Å². The molecule has 0 aliphatic heterocycles. The van der Waals surface area contributed by atoms with Gasteiger partial charge in [0.15, 0.2) is 0 Å². The molecule has 1 aromatic carbocycles. The molecular formula is C13H18N2O2. The van der Waals surface area contributed by atoms with Gasteiger partial charge in [0.1, 0.15) is 6.29 Å². The molecule has 0 fully saturated rings. The maximum atomic E-state index is 11.0. The number of nitrogens with zero attached hydrogens (tertiary/aromatic N) is 1. The van der Waals surface area contributed by atoms with Gasteiger partial charge in [0.05, 0.1) is 6.54 Å². The topological polar surface area (TPSA) is 63.4 Å². The number of rotatable bonds is 5. The summed E-state index contributed by atoms with van der Waals surface area (Å²) in [6.07, 6.45) is 0.810. The third kappa shape index (κ3) is 3.31. The average Bonchev–Trinajstić information content (AvgIpc) is 2.25. The summed E-state index contributed by atoms with van der Waals surface area (Å²) in [5, 5.41) is 0. The molecule has 0 radical (unpaired) electrons. The van der Waals surface area contributed by atoms with Crippen LogP contribution in [0.5, 0.6) is 0 Å². The van der Waals surface area contributed by atoms with Crippen LogP contribution in [-0.4, -0.2) is 24.8 Å². The first-order valence-corrected chi connectivity index (χ1v) is 5.56. The number of primary amides is 1. The molecule has 1 amide bonds. The van der Waals surface area contributed by atoms with Gasteiger partial charge in [-0.2, -0.15) is 0 Å². The summed E-state index contributed by atoms with van der Waals surface area (Å²) >= 11 is 0. The zero-order valence-corrected chi connectivity index (χ0v) is 10.4. The fourth-order valence-corrected chi connectivity index (χ4v) is 1.79. The quantitative estimate of drug-likeness (QED) is 0.785. The molecule has 1 rings (SSSR count). The Balaban J connectivity index is 3.10. The molecule has 1 aromatic rings. The van der Waals surface area contributed by atoms with Gasteiger partial charge in [0.25, 0.3) is 0 Å². The lowest BCUT2D eigenvalue weighted by Crippen LogP contribution is -2.39. The molecule has 0 saturated carbocycles. The molecule has 0 saturated heterocycles. The van der Waals surface area contributed by atoms with Gasteiger partial charge in [-0.1, -0.05) is 0 Å². The van der Waals surface area contributed by atoms with Crippen molar-refractivity contribution >= 4 is 17.9 Å². The minimum absolute atomic E-state index is 0.170. The van der Waals surface area contributed by atoms with E-state index in [4.69, 9.17) is 5.73 Å². The monoisotopic (exact) mass is 234 g/mol. The SMILES string of the molecule is Cc1cc(C=O)ccc1N(CC(N)=O)C(C)C. The van der Waals surface area contributed by atoms with Crippen molar-refractivity contribution in [3.8, 4) is 0 Å². The van der Waals surface area contributed by atoms with Gasteiger partial charge in [0, 0.05) is 17.3 Å². The normalized spacial score (nSPS) is 10.4. The van der Waals surface area contributed by atoms with Gasteiger partial charge in [-0.05, 0) is 44.5 Å². The molecule has 0 unspecified atom stereocenters. The lowest BCUT2D eigenvalue weighted by molar-refractivity contribution is -0.116. The van der Waals surface area contributed by atoms with E-state index in [-0.39, 0.29) is 18.5 Å². The number of aldehydes is 1. The van der Waals surface area contributed by atoms with E-state index in [1.807, 2.05) is 31.7 Å². The summed E-state index contributed by atoms with van der Waals surface area (Å²) in [6.45, 7) is 6.09. The molecule has 0 atom stereocenters.